The van der Waals surface area contributed by atoms with Gasteiger partial charge in [0.15, 0.2) is 0 Å². The Morgan fingerprint density at radius 1 is 1.12 bits per heavy atom. The fraction of sp³-hybridized carbons (Fsp3) is 0.200. The minimum Gasteiger partial charge on any atom is -0.497 e. The molecular weight excluding hydrogens is 210 g/mol. The van der Waals surface area contributed by atoms with Gasteiger partial charge < -0.3 is 10.1 Å². The van der Waals surface area contributed by atoms with Crippen molar-refractivity contribution in [1.29, 1.82) is 0 Å². The van der Waals surface area contributed by atoms with Crippen LogP contribution in [-0.4, -0.2) is 20.7 Å². The largest absolute Gasteiger partial charge is 0.497 e. The van der Waals surface area contributed by atoms with Crippen molar-refractivity contribution < 1.29 is 4.74 Å². The van der Waals surface area contributed by atoms with Crippen molar-refractivity contribution in [3.63, 3.8) is 0 Å². The number of hydrogen-bond acceptors (Lipinski definition) is 2. The Morgan fingerprint density at radius 2 is 1.88 bits per heavy atom. The summed E-state index contributed by atoms with van der Waals surface area (Å²) in [5, 5.41) is 5.35. The van der Waals surface area contributed by atoms with Gasteiger partial charge in [0.2, 0.25) is 0 Å². The monoisotopic (exact) mass is 225 g/mol. The van der Waals surface area contributed by atoms with Crippen molar-refractivity contribution in [2.75, 3.05) is 20.7 Å². The number of benzene rings is 2. The van der Waals surface area contributed by atoms with Crippen molar-refractivity contribution in [1.82, 2.24) is 5.32 Å². The van der Waals surface area contributed by atoms with Crippen molar-refractivity contribution >= 4 is 10.8 Å². The van der Waals surface area contributed by atoms with E-state index in [1.54, 1.807) is 7.11 Å². The molecule has 0 aliphatic carbocycles. The molecule has 0 spiro atoms. The predicted molar refractivity (Wildman–Crippen MR) is 71.3 cm³/mol. The maximum absolute atomic E-state index is 5.20. The van der Waals surface area contributed by atoms with E-state index in [4.69, 9.17) is 4.74 Å². The van der Waals surface area contributed by atoms with E-state index >= 15 is 0 Å². The Morgan fingerprint density at radius 3 is 2.65 bits per heavy atom. The van der Waals surface area contributed by atoms with Crippen LogP contribution in [0.5, 0.6) is 5.75 Å². The minimum absolute atomic E-state index is 0.709. The summed E-state index contributed by atoms with van der Waals surface area (Å²) in [4.78, 5) is 0. The van der Waals surface area contributed by atoms with Gasteiger partial charge in [-0.25, -0.2) is 0 Å². The maximum atomic E-state index is 5.20. The summed E-state index contributed by atoms with van der Waals surface area (Å²) in [6, 6.07) is 12.2. The lowest BCUT2D eigenvalue weighted by Gasteiger charge is -2.02. The number of ether oxygens (including phenoxy) is 1. The quantitative estimate of drug-likeness (QED) is 0.792. The third-order valence-corrected chi connectivity index (χ3v) is 2.55. The second kappa shape index (κ2) is 5.38. The highest BCUT2D eigenvalue weighted by molar-refractivity contribution is 5.85. The fourth-order valence-electron chi connectivity index (χ4n) is 1.66. The molecule has 17 heavy (non-hydrogen) atoms. The number of methoxy groups -OCH3 is 1. The van der Waals surface area contributed by atoms with E-state index in [9.17, 15) is 0 Å². The second-order valence-electron chi connectivity index (χ2n) is 3.76. The molecule has 0 unspecified atom stereocenters. The Labute approximate surface area is 102 Å². The lowest BCUT2D eigenvalue weighted by Crippen LogP contribution is -2.04. The van der Waals surface area contributed by atoms with Gasteiger partial charge in [0, 0.05) is 5.56 Å². The van der Waals surface area contributed by atoms with Gasteiger partial charge in [-0.15, -0.1) is 0 Å². The zero-order valence-electron chi connectivity index (χ0n) is 10.1. The molecule has 0 aliphatic heterocycles. The molecule has 1 N–H and O–H groups in total. The summed E-state index contributed by atoms with van der Waals surface area (Å²) >= 11 is 0. The Hall–Kier alpha value is -1.98. The van der Waals surface area contributed by atoms with E-state index < -0.39 is 0 Å². The number of fused-ring (bicyclic) bond motifs is 1. The SMILES string of the molecule is CNCC#Cc1ccc2cc(OC)ccc2c1. The van der Waals surface area contributed by atoms with Crippen LogP contribution in [0.15, 0.2) is 36.4 Å². The third kappa shape index (κ3) is 2.77. The van der Waals surface area contributed by atoms with Crippen LogP contribution in [0.3, 0.4) is 0 Å². The van der Waals surface area contributed by atoms with Crippen LogP contribution in [0.2, 0.25) is 0 Å². The van der Waals surface area contributed by atoms with E-state index in [1.165, 1.54) is 10.8 Å². The molecule has 2 nitrogen and oxygen atoms in total. The molecule has 0 amide bonds. The lowest BCUT2D eigenvalue weighted by atomic mass is 10.1. The number of hydrogen-bond donors (Lipinski definition) is 1. The van der Waals surface area contributed by atoms with Gasteiger partial charge in [0.1, 0.15) is 5.75 Å². The van der Waals surface area contributed by atoms with E-state index in [0.717, 1.165) is 11.3 Å². The summed E-state index contributed by atoms with van der Waals surface area (Å²) in [7, 11) is 3.57. The summed E-state index contributed by atoms with van der Waals surface area (Å²) in [5.41, 5.74) is 1.04. The molecule has 0 bridgehead atoms. The third-order valence-electron chi connectivity index (χ3n) is 2.55. The molecule has 2 aromatic carbocycles. The van der Waals surface area contributed by atoms with E-state index in [0.29, 0.717) is 6.54 Å². The molecule has 0 saturated heterocycles. The van der Waals surface area contributed by atoms with Gasteiger partial charge in [-0.3, -0.25) is 0 Å². The highest BCUT2D eigenvalue weighted by Gasteiger charge is 1.97. The molecule has 2 rings (SSSR count). The minimum atomic E-state index is 0.709. The Kier molecular flexibility index (Phi) is 3.64. The first-order chi connectivity index (χ1) is 8.33. The molecule has 2 heteroatoms. The summed E-state index contributed by atoms with van der Waals surface area (Å²) in [5.74, 6) is 7.06. The van der Waals surface area contributed by atoms with Crippen LogP contribution in [-0.2, 0) is 0 Å². The van der Waals surface area contributed by atoms with Crippen molar-refractivity contribution in [3.05, 3.63) is 42.0 Å². The van der Waals surface area contributed by atoms with E-state index in [2.05, 4.69) is 35.4 Å². The molecular formula is C15H15NO. The molecule has 0 aliphatic rings. The van der Waals surface area contributed by atoms with Gasteiger partial charge in [-0.2, -0.15) is 0 Å². The topological polar surface area (TPSA) is 21.3 Å². The highest BCUT2D eigenvalue weighted by atomic mass is 16.5. The molecule has 2 aromatic rings. The average molecular weight is 225 g/mol. The van der Waals surface area contributed by atoms with E-state index in [1.807, 2.05) is 25.2 Å². The van der Waals surface area contributed by atoms with Crippen LogP contribution >= 0.6 is 0 Å². The molecule has 0 radical (unpaired) electrons. The van der Waals surface area contributed by atoms with Crippen LogP contribution in [0.4, 0.5) is 0 Å². The molecule has 0 heterocycles. The normalized spacial score (nSPS) is 9.76. The summed E-state index contributed by atoms with van der Waals surface area (Å²) in [6.45, 7) is 0.709. The Balaban J connectivity index is 2.36. The van der Waals surface area contributed by atoms with E-state index in [-0.39, 0.29) is 0 Å². The van der Waals surface area contributed by atoms with Gasteiger partial charge in [0.25, 0.3) is 0 Å². The zero-order valence-corrected chi connectivity index (χ0v) is 10.1. The first-order valence-corrected chi connectivity index (χ1v) is 5.55. The van der Waals surface area contributed by atoms with Crippen LogP contribution in [0, 0.1) is 11.8 Å². The maximum Gasteiger partial charge on any atom is 0.119 e. The first-order valence-electron chi connectivity index (χ1n) is 5.55. The van der Waals surface area contributed by atoms with Crippen LogP contribution in [0.25, 0.3) is 10.8 Å². The smallest absolute Gasteiger partial charge is 0.119 e. The van der Waals surface area contributed by atoms with Crippen LogP contribution in [0.1, 0.15) is 5.56 Å². The fourth-order valence-corrected chi connectivity index (χ4v) is 1.66. The standard InChI is InChI=1S/C15H15NO/c1-16-9-3-4-12-5-6-14-11-15(17-2)8-7-13(14)10-12/h5-8,10-11,16H,9H2,1-2H3. The average Bonchev–Trinajstić information content (AvgIpc) is 2.38. The number of nitrogens with one attached hydrogen (secondary N) is 1. The summed E-state index contributed by atoms with van der Waals surface area (Å²) < 4.78 is 5.20. The number of rotatable bonds is 2. The predicted octanol–water partition coefficient (Wildman–Crippen LogP) is 2.42. The van der Waals surface area contributed by atoms with Crippen molar-refractivity contribution in [2.45, 2.75) is 0 Å². The van der Waals surface area contributed by atoms with Gasteiger partial charge >= 0.3 is 0 Å². The molecule has 0 atom stereocenters. The lowest BCUT2D eigenvalue weighted by molar-refractivity contribution is 0.415. The van der Waals surface area contributed by atoms with Crippen molar-refractivity contribution in [3.8, 4) is 17.6 Å². The van der Waals surface area contributed by atoms with Crippen LogP contribution < -0.4 is 10.1 Å². The Bertz CT molecular complexity index is 578. The molecule has 0 aromatic heterocycles. The molecule has 86 valence electrons. The van der Waals surface area contributed by atoms with Gasteiger partial charge in [-0.1, -0.05) is 24.0 Å². The molecule has 0 fully saturated rings. The molecule has 0 saturated carbocycles. The first kappa shape index (κ1) is 11.5. The zero-order chi connectivity index (χ0) is 12.1. The van der Waals surface area contributed by atoms with Gasteiger partial charge in [-0.05, 0) is 42.1 Å². The highest BCUT2D eigenvalue weighted by Crippen LogP contribution is 2.21. The summed E-state index contributed by atoms with van der Waals surface area (Å²) in [6.07, 6.45) is 0. The second-order valence-corrected chi connectivity index (χ2v) is 3.76. The van der Waals surface area contributed by atoms with Crippen molar-refractivity contribution in [2.24, 2.45) is 0 Å². The van der Waals surface area contributed by atoms with Gasteiger partial charge in [0.05, 0.1) is 13.7 Å².